The second kappa shape index (κ2) is 12.1. The Labute approximate surface area is 122 Å². The lowest BCUT2D eigenvalue weighted by Crippen LogP contribution is -2.41. The molecule has 0 aliphatic carbocycles. The number of amides is 1. The summed E-state index contributed by atoms with van der Waals surface area (Å²) in [7, 11) is 0. The van der Waals surface area contributed by atoms with Gasteiger partial charge >= 0.3 is 0 Å². The summed E-state index contributed by atoms with van der Waals surface area (Å²) in [6.07, 6.45) is 2.13. The number of nitrogens with two attached hydrogens (primary N) is 1. The Kier molecular flexibility index (Phi) is 13.7. The Morgan fingerprint density at radius 1 is 1.22 bits per heavy atom. The summed E-state index contributed by atoms with van der Waals surface area (Å²) < 4.78 is 0. The molecule has 1 amide bonds. The van der Waals surface area contributed by atoms with Crippen LogP contribution in [0.2, 0.25) is 0 Å². The van der Waals surface area contributed by atoms with Gasteiger partial charge in [0.15, 0.2) is 0 Å². The summed E-state index contributed by atoms with van der Waals surface area (Å²) in [5, 5.41) is 3.00. The molecule has 0 aliphatic heterocycles. The largest absolute Gasteiger partial charge is 0.351 e. The molecule has 0 radical (unpaired) electrons. The molecular formula is C13H29ClN2OS. The fourth-order valence-corrected chi connectivity index (χ4v) is 2.59. The average Bonchev–Trinajstić information content (AvgIpc) is 2.22. The summed E-state index contributed by atoms with van der Waals surface area (Å²) in [5.74, 6) is 3.01. The summed E-state index contributed by atoms with van der Waals surface area (Å²) in [4.78, 5) is 11.7. The highest BCUT2D eigenvalue weighted by Gasteiger charge is 2.12. The first-order valence-corrected chi connectivity index (χ1v) is 7.68. The van der Waals surface area contributed by atoms with Crippen LogP contribution in [-0.4, -0.2) is 30.0 Å². The van der Waals surface area contributed by atoms with E-state index in [0.717, 1.165) is 12.2 Å². The van der Waals surface area contributed by atoms with Crippen molar-refractivity contribution in [2.45, 2.75) is 46.6 Å². The molecule has 0 spiro atoms. The minimum atomic E-state index is 0. The van der Waals surface area contributed by atoms with E-state index in [2.05, 4.69) is 33.0 Å². The number of halogens is 1. The zero-order valence-corrected chi connectivity index (χ0v) is 13.7. The first kappa shape index (κ1) is 20.4. The van der Waals surface area contributed by atoms with Crippen LogP contribution in [0.3, 0.4) is 0 Å². The maximum atomic E-state index is 11.7. The second-order valence-electron chi connectivity index (χ2n) is 5.36. The van der Waals surface area contributed by atoms with E-state index in [4.69, 9.17) is 5.73 Å². The smallest absolute Gasteiger partial charge is 0.230 e. The second-order valence-corrected chi connectivity index (χ2v) is 6.47. The molecule has 0 bridgehead atoms. The topological polar surface area (TPSA) is 55.1 Å². The minimum absolute atomic E-state index is 0. The number of nitrogens with one attached hydrogen (secondary N) is 1. The molecular weight excluding hydrogens is 268 g/mol. The van der Waals surface area contributed by atoms with Gasteiger partial charge in [-0.15, -0.1) is 12.4 Å². The van der Waals surface area contributed by atoms with Crippen LogP contribution in [-0.2, 0) is 4.79 Å². The van der Waals surface area contributed by atoms with Crippen LogP contribution in [0.5, 0.6) is 0 Å². The Balaban J connectivity index is 0. The molecule has 0 aromatic carbocycles. The SMILES string of the molecule is CC(C)CCSCC(=O)NC(CN)CC(C)C.Cl. The highest BCUT2D eigenvalue weighted by atomic mass is 35.5. The van der Waals surface area contributed by atoms with Crippen molar-refractivity contribution < 1.29 is 4.79 Å². The van der Waals surface area contributed by atoms with Crippen LogP contribution < -0.4 is 11.1 Å². The van der Waals surface area contributed by atoms with Crippen molar-refractivity contribution in [3.8, 4) is 0 Å². The molecule has 1 atom stereocenters. The zero-order valence-electron chi connectivity index (χ0n) is 12.1. The van der Waals surface area contributed by atoms with E-state index in [1.54, 1.807) is 11.8 Å². The molecule has 110 valence electrons. The van der Waals surface area contributed by atoms with Gasteiger partial charge in [-0.2, -0.15) is 11.8 Å². The van der Waals surface area contributed by atoms with Crippen molar-refractivity contribution in [1.82, 2.24) is 5.32 Å². The molecule has 0 saturated heterocycles. The van der Waals surface area contributed by atoms with E-state index in [0.29, 0.717) is 24.1 Å². The van der Waals surface area contributed by atoms with Crippen molar-refractivity contribution in [3.63, 3.8) is 0 Å². The molecule has 0 saturated carbocycles. The number of carbonyl (C=O) groups is 1. The Morgan fingerprint density at radius 2 is 1.83 bits per heavy atom. The summed E-state index contributed by atoms with van der Waals surface area (Å²) in [6.45, 7) is 9.22. The maximum absolute atomic E-state index is 11.7. The van der Waals surface area contributed by atoms with Gasteiger partial charge in [-0.3, -0.25) is 4.79 Å². The third-order valence-electron chi connectivity index (χ3n) is 2.48. The number of carbonyl (C=O) groups excluding carboxylic acids is 1. The number of rotatable bonds is 9. The normalized spacial score (nSPS) is 12.4. The fraction of sp³-hybridized carbons (Fsp3) is 0.923. The van der Waals surface area contributed by atoms with Crippen molar-refractivity contribution in [2.24, 2.45) is 17.6 Å². The van der Waals surface area contributed by atoms with Crippen LogP contribution >= 0.6 is 24.2 Å². The van der Waals surface area contributed by atoms with Crippen LogP contribution in [0.25, 0.3) is 0 Å². The maximum Gasteiger partial charge on any atom is 0.230 e. The molecule has 1 unspecified atom stereocenters. The van der Waals surface area contributed by atoms with Crippen LogP contribution in [0.4, 0.5) is 0 Å². The molecule has 0 heterocycles. The zero-order chi connectivity index (χ0) is 13.3. The van der Waals surface area contributed by atoms with E-state index in [1.807, 2.05) is 0 Å². The molecule has 3 N–H and O–H groups in total. The molecule has 0 rings (SSSR count). The van der Waals surface area contributed by atoms with E-state index in [9.17, 15) is 4.79 Å². The predicted octanol–water partition coefficient (Wildman–Crippen LogP) is 2.68. The molecule has 18 heavy (non-hydrogen) atoms. The van der Waals surface area contributed by atoms with Gasteiger partial charge in [-0.05, 0) is 30.4 Å². The molecule has 0 aliphatic rings. The highest BCUT2D eigenvalue weighted by Crippen LogP contribution is 2.09. The van der Waals surface area contributed by atoms with Crippen molar-refractivity contribution >= 4 is 30.1 Å². The van der Waals surface area contributed by atoms with Crippen LogP contribution in [0.1, 0.15) is 40.5 Å². The van der Waals surface area contributed by atoms with Crippen LogP contribution in [0, 0.1) is 11.8 Å². The van der Waals surface area contributed by atoms with Gasteiger partial charge in [0, 0.05) is 12.6 Å². The van der Waals surface area contributed by atoms with Crippen molar-refractivity contribution in [1.29, 1.82) is 0 Å². The third kappa shape index (κ3) is 12.5. The number of hydrogen-bond acceptors (Lipinski definition) is 3. The van der Waals surface area contributed by atoms with E-state index in [1.165, 1.54) is 6.42 Å². The first-order chi connectivity index (χ1) is 7.95. The monoisotopic (exact) mass is 296 g/mol. The Hall–Kier alpha value is 0.0700. The van der Waals surface area contributed by atoms with Gasteiger partial charge in [-0.25, -0.2) is 0 Å². The highest BCUT2D eigenvalue weighted by molar-refractivity contribution is 7.99. The lowest BCUT2D eigenvalue weighted by molar-refractivity contribution is -0.119. The van der Waals surface area contributed by atoms with Gasteiger partial charge in [0.25, 0.3) is 0 Å². The van der Waals surface area contributed by atoms with Gasteiger partial charge in [-0.1, -0.05) is 27.7 Å². The summed E-state index contributed by atoms with van der Waals surface area (Å²) >= 11 is 1.71. The number of thioether (sulfide) groups is 1. The lowest BCUT2D eigenvalue weighted by atomic mass is 10.0. The third-order valence-corrected chi connectivity index (χ3v) is 3.47. The van der Waals surface area contributed by atoms with Gasteiger partial charge in [0.1, 0.15) is 0 Å². The first-order valence-electron chi connectivity index (χ1n) is 6.52. The molecule has 0 fully saturated rings. The average molecular weight is 297 g/mol. The van der Waals surface area contributed by atoms with Crippen molar-refractivity contribution in [3.05, 3.63) is 0 Å². The molecule has 0 aromatic heterocycles. The van der Waals surface area contributed by atoms with Crippen molar-refractivity contribution in [2.75, 3.05) is 18.1 Å². The van der Waals surface area contributed by atoms with Gasteiger partial charge in [0.2, 0.25) is 5.91 Å². The molecule has 5 heteroatoms. The van der Waals surface area contributed by atoms with E-state index >= 15 is 0 Å². The Morgan fingerprint density at radius 3 is 2.28 bits per heavy atom. The predicted molar refractivity (Wildman–Crippen MR) is 84.5 cm³/mol. The molecule has 0 aromatic rings. The number of hydrogen-bond donors (Lipinski definition) is 2. The quantitative estimate of drug-likeness (QED) is 0.643. The van der Waals surface area contributed by atoms with E-state index < -0.39 is 0 Å². The summed E-state index contributed by atoms with van der Waals surface area (Å²) in [6, 6.07) is 0.133. The van der Waals surface area contributed by atoms with Gasteiger partial charge in [0.05, 0.1) is 5.75 Å². The van der Waals surface area contributed by atoms with Gasteiger partial charge < -0.3 is 11.1 Å². The lowest BCUT2D eigenvalue weighted by Gasteiger charge is -2.18. The Bertz CT molecular complexity index is 213. The molecule has 3 nitrogen and oxygen atoms in total. The standard InChI is InChI=1S/C13H28N2OS.ClH/c1-10(2)5-6-17-9-13(16)15-12(8-14)7-11(3)4;/h10-12H,5-9,14H2,1-4H3,(H,15,16);1H. The minimum Gasteiger partial charge on any atom is -0.351 e. The summed E-state index contributed by atoms with van der Waals surface area (Å²) in [5.41, 5.74) is 5.64. The fourth-order valence-electron chi connectivity index (χ4n) is 1.54. The van der Waals surface area contributed by atoms with E-state index in [-0.39, 0.29) is 24.4 Å². The van der Waals surface area contributed by atoms with Crippen LogP contribution in [0.15, 0.2) is 0 Å².